The van der Waals surface area contributed by atoms with E-state index in [4.69, 9.17) is 19.0 Å². The Morgan fingerprint density at radius 1 is 0.978 bits per heavy atom. The van der Waals surface area contributed by atoms with Gasteiger partial charge in [-0.25, -0.2) is 4.79 Å². The molecule has 0 saturated heterocycles. The molecule has 0 aliphatic heterocycles. The molecule has 2 amide bonds. The number of ether oxygens (including phenoxy) is 2. The van der Waals surface area contributed by atoms with Crippen molar-refractivity contribution in [2.45, 2.75) is 53.2 Å². The Morgan fingerprint density at radius 2 is 1.72 bits per heavy atom. The van der Waals surface area contributed by atoms with Gasteiger partial charge in [0, 0.05) is 53.9 Å². The highest BCUT2D eigenvalue weighted by Crippen LogP contribution is 2.36. The number of pyridine rings is 2. The highest BCUT2D eigenvalue weighted by atomic mass is 16.6. The first kappa shape index (κ1) is 32.4. The fourth-order valence-corrected chi connectivity index (χ4v) is 5.24. The van der Waals surface area contributed by atoms with Crippen LogP contribution in [0, 0.1) is 13.8 Å². The Labute approximate surface area is 268 Å². The molecule has 46 heavy (non-hydrogen) atoms. The van der Waals surface area contributed by atoms with Gasteiger partial charge >= 0.3 is 6.09 Å². The molecule has 11 nitrogen and oxygen atoms in total. The molecule has 0 aliphatic rings. The number of alkyl carbamates (subject to hydrolysis) is 1. The van der Waals surface area contributed by atoms with Gasteiger partial charge in [-0.3, -0.25) is 14.8 Å². The molecule has 0 aliphatic carbocycles. The Bertz CT molecular complexity index is 1790. The first-order valence-corrected chi connectivity index (χ1v) is 15.3. The van der Waals surface area contributed by atoms with E-state index in [0.717, 1.165) is 50.4 Å². The molecular formula is C35H40N6O5. The van der Waals surface area contributed by atoms with Gasteiger partial charge in [-0.15, -0.1) is 0 Å². The maximum atomic E-state index is 12.8. The average molecular weight is 625 g/mol. The number of hydrogen-bond donors (Lipinski definition) is 2. The van der Waals surface area contributed by atoms with Crippen LogP contribution in [0.25, 0.3) is 33.3 Å². The van der Waals surface area contributed by atoms with Crippen LogP contribution in [0.3, 0.4) is 0 Å². The van der Waals surface area contributed by atoms with Crippen LogP contribution in [-0.2, 0) is 9.47 Å². The second kappa shape index (κ2) is 13.9. The van der Waals surface area contributed by atoms with Crippen molar-refractivity contribution >= 4 is 23.0 Å². The zero-order valence-electron chi connectivity index (χ0n) is 27.1. The third kappa shape index (κ3) is 7.60. The molecule has 0 bridgehead atoms. The number of hydrogen-bond acceptors (Lipinski definition) is 8. The van der Waals surface area contributed by atoms with Crippen LogP contribution in [0.2, 0.25) is 0 Å². The average Bonchev–Trinajstić information content (AvgIpc) is 3.58. The van der Waals surface area contributed by atoms with Gasteiger partial charge in [0.1, 0.15) is 11.4 Å². The zero-order chi connectivity index (χ0) is 32.8. The highest BCUT2D eigenvalue weighted by molar-refractivity contribution is 5.97. The van der Waals surface area contributed by atoms with Crippen LogP contribution in [0.5, 0.6) is 0 Å². The quantitative estimate of drug-likeness (QED) is 0.165. The first-order valence-electron chi connectivity index (χ1n) is 15.3. The summed E-state index contributed by atoms with van der Waals surface area (Å²) in [5, 5.41) is 9.63. The van der Waals surface area contributed by atoms with Crippen molar-refractivity contribution in [2.24, 2.45) is 0 Å². The molecule has 0 spiro atoms. The van der Waals surface area contributed by atoms with Crippen molar-refractivity contribution in [2.75, 3.05) is 26.3 Å². The Morgan fingerprint density at radius 3 is 2.37 bits per heavy atom. The molecule has 1 atom stereocenters. The summed E-state index contributed by atoms with van der Waals surface area (Å²) in [6.07, 6.45) is 5.26. The van der Waals surface area contributed by atoms with E-state index in [-0.39, 0.29) is 11.9 Å². The molecule has 0 radical (unpaired) electrons. The zero-order valence-corrected chi connectivity index (χ0v) is 27.1. The maximum Gasteiger partial charge on any atom is 0.407 e. The Hall–Kier alpha value is -5.03. The van der Waals surface area contributed by atoms with Gasteiger partial charge in [0.2, 0.25) is 0 Å². The van der Waals surface area contributed by atoms with E-state index in [0.29, 0.717) is 31.9 Å². The number of amides is 2. The number of aryl methyl sites for hydroxylation is 2. The fraction of sp³-hybridized carbons (Fsp3) is 0.343. The smallest absolute Gasteiger partial charge is 0.407 e. The summed E-state index contributed by atoms with van der Waals surface area (Å²) >= 11 is 0. The van der Waals surface area contributed by atoms with E-state index in [1.807, 2.05) is 50.4 Å². The normalized spacial score (nSPS) is 12.2. The number of aromatic nitrogens is 4. The number of carbonyl (C=O) groups excluding carboxylic acids is 2. The van der Waals surface area contributed by atoms with Gasteiger partial charge in [-0.2, -0.15) is 0 Å². The van der Waals surface area contributed by atoms with E-state index in [2.05, 4.69) is 44.5 Å². The topological polar surface area (TPSA) is 133 Å². The molecule has 240 valence electrons. The number of carbonyl (C=O) groups is 2. The predicted octanol–water partition coefficient (Wildman–Crippen LogP) is 6.25. The summed E-state index contributed by atoms with van der Waals surface area (Å²) in [6.45, 7) is 12.6. The van der Waals surface area contributed by atoms with E-state index in [9.17, 15) is 9.59 Å². The lowest BCUT2D eigenvalue weighted by Gasteiger charge is -2.19. The van der Waals surface area contributed by atoms with Crippen molar-refractivity contribution in [3.63, 3.8) is 0 Å². The van der Waals surface area contributed by atoms with E-state index < -0.39 is 11.7 Å². The SMILES string of the molecule is Cc1noc(C)c1-c1cnc2c(-c3ccc(C(=O)NCCOCCNC(=O)OC(C)(C)C)cc3)cn([C@@H](C)c3ccccn3)c2c1. The minimum Gasteiger partial charge on any atom is -0.444 e. The van der Waals surface area contributed by atoms with Gasteiger partial charge in [0.25, 0.3) is 5.91 Å². The molecular weight excluding hydrogens is 584 g/mol. The lowest BCUT2D eigenvalue weighted by molar-refractivity contribution is 0.0500. The van der Waals surface area contributed by atoms with Crippen molar-refractivity contribution in [1.82, 2.24) is 30.3 Å². The van der Waals surface area contributed by atoms with Gasteiger partial charge < -0.3 is 29.2 Å². The van der Waals surface area contributed by atoms with E-state index in [1.165, 1.54) is 0 Å². The molecule has 2 N–H and O–H groups in total. The maximum absolute atomic E-state index is 12.8. The highest BCUT2D eigenvalue weighted by Gasteiger charge is 2.21. The second-order valence-electron chi connectivity index (χ2n) is 12.0. The Kier molecular flexibility index (Phi) is 9.81. The minimum absolute atomic E-state index is 0.0560. The number of nitrogens with one attached hydrogen (secondary N) is 2. The summed E-state index contributed by atoms with van der Waals surface area (Å²) in [4.78, 5) is 34.0. The van der Waals surface area contributed by atoms with Crippen molar-refractivity contribution in [3.8, 4) is 22.3 Å². The van der Waals surface area contributed by atoms with Crippen LogP contribution >= 0.6 is 0 Å². The third-order valence-electron chi connectivity index (χ3n) is 7.43. The molecule has 5 rings (SSSR count). The Balaban J connectivity index is 1.28. The second-order valence-corrected chi connectivity index (χ2v) is 12.0. The van der Waals surface area contributed by atoms with Crippen molar-refractivity contribution in [1.29, 1.82) is 0 Å². The summed E-state index contributed by atoms with van der Waals surface area (Å²) in [5.41, 5.74) is 7.27. The molecule has 0 unspecified atom stereocenters. The van der Waals surface area contributed by atoms with E-state index >= 15 is 0 Å². The lowest BCUT2D eigenvalue weighted by atomic mass is 10.0. The standard InChI is InChI=1S/C35H40N6O5/c1-22-31(24(3)46-40-22)27-19-30-32(39-20-27)28(21-41(30)23(2)29-9-7-8-14-36-29)25-10-12-26(13-11-25)33(42)37-15-17-44-18-16-38-34(43)45-35(4,5)6/h7-14,19-21,23H,15-18H2,1-6H3,(H,37,42)(H,38,43)/t23-/m0/s1. The summed E-state index contributed by atoms with van der Waals surface area (Å²) < 4.78 is 18.3. The van der Waals surface area contributed by atoms with Crippen LogP contribution in [0.15, 0.2) is 71.6 Å². The van der Waals surface area contributed by atoms with Gasteiger partial charge in [-0.05, 0) is 77.4 Å². The predicted molar refractivity (Wildman–Crippen MR) is 176 cm³/mol. The fourth-order valence-electron chi connectivity index (χ4n) is 5.24. The van der Waals surface area contributed by atoms with Gasteiger partial charge in [-0.1, -0.05) is 23.4 Å². The largest absolute Gasteiger partial charge is 0.444 e. The minimum atomic E-state index is -0.552. The number of rotatable bonds is 11. The summed E-state index contributed by atoms with van der Waals surface area (Å²) in [7, 11) is 0. The van der Waals surface area contributed by atoms with Crippen molar-refractivity contribution < 1.29 is 23.6 Å². The third-order valence-corrected chi connectivity index (χ3v) is 7.43. The molecule has 0 fully saturated rings. The van der Waals surface area contributed by atoms with Crippen LogP contribution in [0.1, 0.15) is 61.2 Å². The molecule has 4 heterocycles. The monoisotopic (exact) mass is 624 g/mol. The lowest BCUT2D eigenvalue weighted by Crippen LogP contribution is -2.34. The molecule has 11 heteroatoms. The molecule has 0 saturated carbocycles. The van der Waals surface area contributed by atoms with Crippen LogP contribution < -0.4 is 10.6 Å². The number of nitrogens with zero attached hydrogens (tertiary/aromatic N) is 4. The molecule has 1 aromatic carbocycles. The first-order chi connectivity index (χ1) is 22.0. The molecule has 4 aromatic heterocycles. The molecule has 5 aromatic rings. The van der Waals surface area contributed by atoms with Crippen LogP contribution in [-0.4, -0.2) is 63.6 Å². The van der Waals surface area contributed by atoms with Gasteiger partial charge in [0.15, 0.2) is 0 Å². The van der Waals surface area contributed by atoms with Gasteiger partial charge in [0.05, 0.1) is 41.7 Å². The van der Waals surface area contributed by atoms with E-state index in [1.54, 1.807) is 39.1 Å². The summed E-state index contributed by atoms with van der Waals surface area (Å²) in [5.74, 6) is 0.542. The van der Waals surface area contributed by atoms with Crippen molar-refractivity contribution in [3.05, 3.63) is 89.8 Å². The number of benzene rings is 1. The van der Waals surface area contributed by atoms with Crippen LogP contribution in [0.4, 0.5) is 4.79 Å². The number of fused-ring (bicyclic) bond motifs is 1. The summed E-state index contributed by atoms with van der Waals surface area (Å²) in [6, 6.07) is 15.4.